The van der Waals surface area contributed by atoms with Gasteiger partial charge in [0.2, 0.25) is 0 Å². The van der Waals surface area contributed by atoms with Gasteiger partial charge in [-0.1, -0.05) is 31.9 Å². The average molecular weight is 351 g/mol. The van der Waals surface area contributed by atoms with Crippen LogP contribution in [0, 0.1) is 0 Å². The Bertz CT molecular complexity index is 349. The highest BCUT2D eigenvalue weighted by Crippen LogP contribution is 2.19. The predicted molar refractivity (Wildman–Crippen MR) is 70.7 cm³/mol. The molecule has 0 atom stereocenters. The van der Waals surface area contributed by atoms with Crippen LogP contribution in [0.2, 0.25) is 0 Å². The molecule has 0 aliphatic carbocycles. The fourth-order valence-corrected chi connectivity index (χ4v) is 2.46. The second-order valence-electron chi connectivity index (χ2n) is 3.11. The Kier molecular flexibility index (Phi) is 6.01. The van der Waals surface area contributed by atoms with E-state index >= 15 is 0 Å². The molecule has 0 saturated carbocycles. The van der Waals surface area contributed by atoms with Gasteiger partial charge in [-0.25, -0.2) is 0 Å². The van der Waals surface area contributed by atoms with E-state index in [0.29, 0.717) is 25.3 Å². The molecule has 1 rings (SSSR count). The van der Waals surface area contributed by atoms with Crippen LogP contribution in [0.4, 0.5) is 0 Å². The zero-order valence-electron chi connectivity index (χ0n) is 8.93. The third-order valence-corrected chi connectivity index (χ3v) is 2.78. The number of ether oxygens (including phenoxy) is 1. The largest absolute Gasteiger partial charge is 0.380 e. The van der Waals surface area contributed by atoms with Gasteiger partial charge in [0.05, 0.1) is 6.61 Å². The lowest BCUT2D eigenvalue weighted by Gasteiger charge is -2.06. The minimum absolute atomic E-state index is 0.0956. The fourth-order valence-electron chi connectivity index (χ4n) is 1.17. The summed E-state index contributed by atoms with van der Waals surface area (Å²) in [5.41, 5.74) is 0.623. The maximum Gasteiger partial charge on any atom is 0.251 e. The molecule has 16 heavy (non-hydrogen) atoms. The number of carbonyl (C=O) groups excluding carboxylic acids is 1. The molecule has 0 aliphatic heterocycles. The average Bonchev–Trinajstić information content (AvgIpc) is 2.22. The van der Waals surface area contributed by atoms with Crippen LogP contribution in [-0.4, -0.2) is 25.7 Å². The lowest BCUT2D eigenvalue weighted by molar-refractivity contribution is 0.0922. The van der Waals surface area contributed by atoms with Gasteiger partial charge in [0.25, 0.3) is 5.91 Å². The number of nitrogens with one attached hydrogen (secondary N) is 1. The maximum absolute atomic E-state index is 11.7. The maximum atomic E-state index is 11.7. The molecule has 0 unspecified atom stereocenters. The van der Waals surface area contributed by atoms with Crippen molar-refractivity contribution in [3.8, 4) is 0 Å². The third kappa shape index (κ3) is 4.63. The van der Waals surface area contributed by atoms with E-state index in [2.05, 4.69) is 37.2 Å². The van der Waals surface area contributed by atoms with Gasteiger partial charge in [-0.15, -0.1) is 0 Å². The van der Waals surface area contributed by atoms with Crippen LogP contribution in [0.1, 0.15) is 17.3 Å². The molecule has 0 aromatic heterocycles. The Morgan fingerprint density at radius 1 is 1.31 bits per heavy atom. The van der Waals surface area contributed by atoms with Crippen molar-refractivity contribution in [3.05, 3.63) is 32.7 Å². The summed E-state index contributed by atoms with van der Waals surface area (Å²) < 4.78 is 6.88. The molecule has 3 nitrogen and oxygen atoms in total. The van der Waals surface area contributed by atoms with Crippen molar-refractivity contribution in [3.63, 3.8) is 0 Å². The van der Waals surface area contributed by atoms with Gasteiger partial charge in [0, 0.05) is 27.7 Å². The zero-order chi connectivity index (χ0) is 12.0. The number of amides is 1. The van der Waals surface area contributed by atoms with E-state index in [4.69, 9.17) is 4.74 Å². The highest BCUT2D eigenvalue weighted by Gasteiger charge is 2.06. The summed E-state index contributed by atoms with van der Waals surface area (Å²) in [6.45, 7) is 3.65. The minimum Gasteiger partial charge on any atom is -0.380 e. The number of hydrogen-bond acceptors (Lipinski definition) is 2. The van der Waals surface area contributed by atoms with Gasteiger partial charge in [-0.05, 0) is 25.1 Å². The Hall–Kier alpha value is -0.390. The first kappa shape index (κ1) is 13.7. The zero-order valence-corrected chi connectivity index (χ0v) is 12.1. The molecule has 0 spiro atoms. The van der Waals surface area contributed by atoms with Crippen LogP contribution in [0.5, 0.6) is 0 Å². The van der Waals surface area contributed by atoms with E-state index in [1.807, 2.05) is 13.0 Å². The molecule has 0 saturated heterocycles. The standard InChI is InChI=1S/C11H13Br2NO2/c1-2-16-4-3-14-11(15)8-5-9(12)7-10(13)6-8/h5-7H,2-4H2,1H3,(H,14,15). The first-order valence-electron chi connectivity index (χ1n) is 4.95. The number of hydrogen-bond donors (Lipinski definition) is 1. The van der Waals surface area contributed by atoms with Crippen LogP contribution < -0.4 is 5.32 Å². The smallest absolute Gasteiger partial charge is 0.251 e. The molecule has 0 aliphatic rings. The Balaban J connectivity index is 2.52. The Morgan fingerprint density at radius 3 is 2.50 bits per heavy atom. The molecule has 1 amide bonds. The number of rotatable bonds is 5. The molecule has 1 aromatic rings. The molecular weight excluding hydrogens is 338 g/mol. The molecular formula is C11H13Br2NO2. The highest BCUT2D eigenvalue weighted by atomic mass is 79.9. The van der Waals surface area contributed by atoms with E-state index in [0.717, 1.165) is 8.95 Å². The van der Waals surface area contributed by atoms with E-state index in [9.17, 15) is 4.79 Å². The van der Waals surface area contributed by atoms with E-state index in [1.54, 1.807) is 12.1 Å². The molecule has 0 radical (unpaired) electrons. The first-order chi connectivity index (χ1) is 7.63. The van der Waals surface area contributed by atoms with Crippen molar-refractivity contribution in [2.45, 2.75) is 6.92 Å². The normalized spacial score (nSPS) is 10.2. The lowest BCUT2D eigenvalue weighted by Crippen LogP contribution is -2.27. The van der Waals surface area contributed by atoms with E-state index in [-0.39, 0.29) is 5.91 Å². The molecule has 0 bridgehead atoms. The minimum atomic E-state index is -0.0956. The summed E-state index contributed by atoms with van der Waals surface area (Å²) in [6.07, 6.45) is 0. The number of carbonyl (C=O) groups is 1. The molecule has 0 fully saturated rings. The summed E-state index contributed by atoms with van der Waals surface area (Å²) in [6, 6.07) is 5.44. The predicted octanol–water partition coefficient (Wildman–Crippen LogP) is 2.98. The Morgan fingerprint density at radius 2 is 1.94 bits per heavy atom. The van der Waals surface area contributed by atoms with Gasteiger partial charge in [0.15, 0.2) is 0 Å². The van der Waals surface area contributed by atoms with Crippen LogP contribution >= 0.6 is 31.9 Å². The second kappa shape index (κ2) is 7.04. The quantitative estimate of drug-likeness (QED) is 0.829. The number of benzene rings is 1. The van der Waals surface area contributed by atoms with Crippen LogP contribution in [0.15, 0.2) is 27.1 Å². The van der Waals surface area contributed by atoms with Crippen molar-refractivity contribution in [2.75, 3.05) is 19.8 Å². The Labute approximate surface area is 112 Å². The molecule has 1 N–H and O–H groups in total. The summed E-state index contributed by atoms with van der Waals surface area (Å²) in [7, 11) is 0. The van der Waals surface area contributed by atoms with Gasteiger partial charge in [-0.2, -0.15) is 0 Å². The van der Waals surface area contributed by atoms with Crippen molar-refractivity contribution >= 4 is 37.8 Å². The van der Waals surface area contributed by atoms with Gasteiger partial charge in [-0.3, -0.25) is 4.79 Å². The highest BCUT2D eigenvalue weighted by molar-refractivity contribution is 9.11. The third-order valence-electron chi connectivity index (χ3n) is 1.86. The van der Waals surface area contributed by atoms with Gasteiger partial charge >= 0.3 is 0 Å². The molecule has 1 aromatic carbocycles. The van der Waals surface area contributed by atoms with E-state index < -0.39 is 0 Å². The number of halogens is 2. The van der Waals surface area contributed by atoms with E-state index in [1.165, 1.54) is 0 Å². The fraction of sp³-hybridized carbons (Fsp3) is 0.364. The van der Waals surface area contributed by atoms with Crippen LogP contribution in [-0.2, 0) is 4.74 Å². The van der Waals surface area contributed by atoms with Crippen molar-refractivity contribution in [2.24, 2.45) is 0 Å². The van der Waals surface area contributed by atoms with Crippen LogP contribution in [0.3, 0.4) is 0 Å². The topological polar surface area (TPSA) is 38.3 Å². The summed E-state index contributed by atoms with van der Waals surface area (Å²) in [4.78, 5) is 11.7. The summed E-state index contributed by atoms with van der Waals surface area (Å²) in [5, 5.41) is 2.78. The van der Waals surface area contributed by atoms with Crippen molar-refractivity contribution in [1.29, 1.82) is 0 Å². The van der Waals surface area contributed by atoms with Gasteiger partial charge in [0.1, 0.15) is 0 Å². The van der Waals surface area contributed by atoms with Crippen molar-refractivity contribution < 1.29 is 9.53 Å². The van der Waals surface area contributed by atoms with Gasteiger partial charge < -0.3 is 10.1 Å². The molecule has 88 valence electrons. The van der Waals surface area contributed by atoms with Crippen LogP contribution in [0.25, 0.3) is 0 Å². The molecule has 5 heteroatoms. The summed E-state index contributed by atoms with van der Waals surface area (Å²) >= 11 is 6.68. The van der Waals surface area contributed by atoms with Crippen molar-refractivity contribution in [1.82, 2.24) is 5.32 Å². The SMILES string of the molecule is CCOCCNC(=O)c1cc(Br)cc(Br)c1. The molecule has 0 heterocycles. The lowest BCUT2D eigenvalue weighted by atomic mass is 10.2. The monoisotopic (exact) mass is 349 g/mol. The second-order valence-corrected chi connectivity index (χ2v) is 4.94. The first-order valence-corrected chi connectivity index (χ1v) is 6.54. The summed E-state index contributed by atoms with van der Waals surface area (Å²) in [5.74, 6) is -0.0956.